The molecule has 0 heterocycles. The molecule has 104 valence electrons. The van der Waals surface area contributed by atoms with Gasteiger partial charge in [0.05, 0.1) is 5.41 Å². The first-order valence-corrected chi connectivity index (χ1v) is 7.06. The zero-order valence-corrected chi connectivity index (χ0v) is 12.2. The molecule has 1 aliphatic carbocycles. The first-order chi connectivity index (χ1) is 8.99. The van der Waals surface area contributed by atoms with Gasteiger partial charge in [0.25, 0.3) is 0 Å². The summed E-state index contributed by atoms with van der Waals surface area (Å²) in [4.78, 5) is 13.9. The molecule has 3 nitrogen and oxygen atoms in total. The summed E-state index contributed by atoms with van der Waals surface area (Å²) in [5.41, 5.74) is 0.876. The fraction of sp³-hybridized carbons (Fsp3) is 0.533. The van der Waals surface area contributed by atoms with Crippen LogP contribution in [0.1, 0.15) is 37.7 Å². The molecule has 0 atom stereocenters. The quantitative estimate of drug-likeness (QED) is 0.918. The minimum absolute atomic E-state index is 0.565. The highest BCUT2D eigenvalue weighted by Gasteiger charge is 2.44. The largest absolute Gasteiger partial charge is 0.481 e. The Kier molecular flexibility index (Phi) is 4.04. The van der Waals surface area contributed by atoms with Gasteiger partial charge < -0.3 is 10.0 Å². The van der Waals surface area contributed by atoms with E-state index in [2.05, 4.69) is 0 Å². The van der Waals surface area contributed by atoms with Crippen LogP contribution in [0.5, 0.6) is 0 Å². The lowest BCUT2D eigenvalue weighted by Crippen LogP contribution is -2.39. The lowest BCUT2D eigenvalue weighted by molar-refractivity contribution is -0.145. The Balaban J connectivity index is 2.62. The van der Waals surface area contributed by atoms with Gasteiger partial charge in [0.15, 0.2) is 0 Å². The van der Waals surface area contributed by atoms with Crippen LogP contribution in [-0.2, 0) is 10.2 Å². The SMILES string of the molecule is CN(C)c1cccc(Cl)c1C1(C(=O)O)CCCCC1. The number of nitrogens with zero attached hydrogens (tertiary/aromatic N) is 1. The number of hydrogen-bond acceptors (Lipinski definition) is 2. The third-order valence-corrected chi connectivity index (χ3v) is 4.38. The minimum atomic E-state index is -0.823. The van der Waals surface area contributed by atoms with E-state index in [0.29, 0.717) is 17.9 Å². The van der Waals surface area contributed by atoms with Crippen molar-refractivity contribution in [1.29, 1.82) is 0 Å². The number of carbonyl (C=O) groups is 1. The second-order valence-corrected chi connectivity index (χ2v) is 5.88. The summed E-state index contributed by atoms with van der Waals surface area (Å²) >= 11 is 6.35. The van der Waals surface area contributed by atoms with Gasteiger partial charge in [-0.2, -0.15) is 0 Å². The highest BCUT2D eigenvalue weighted by atomic mass is 35.5. The predicted octanol–water partition coefficient (Wildman–Crippen LogP) is 3.69. The van der Waals surface area contributed by atoms with Crippen LogP contribution in [0.2, 0.25) is 5.02 Å². The number of aliphatic carboxylic acids is 1. The molecule has 0 aromatic heterocycles. The van der Waals surface area contributed by atoms with Crippen molar-refractivity contribution < 1.29 is 9.90 Å². The van der Waals surface area contributed by atoms with E-state index >= 15 is 0 Å². The van der Waals surface area contributed by atoms with E-state index in [1.165, 1.54) is 0 Å². The van der Waals surface area contributed by atoms with Gasteiger partial charge in [-0.3, -0.25) is 4.79 Å². The van der Waals surface area contributed by atoms with E-state index in [9.17, 15) is 9.90 Å². The molecule has 0 unspecified atom stereocenters. The van der Waals surface area contributed by atoms with Crippen molar-refractivity contribution in [2.24, 2.45) is 0 Å². The molecule has 0 amide bonds. The number of carboxylic acids is 1. The number of hydrogen-bond donors (Lipinski definition) is 1. The van der Waals surface area contributed by atoms with Gasteiger partial charge in [-0.15, -0.1) is 0 Å². The number of rotatable bonds is 3. The smallest absolute Gasteiger partial charge is 0.314 e. The fourth-order valence-electron chi connectivity index (χ4n) is 3.09. The Morgan fingerprint density at radius 1 is 1.26 bits per heavy atom. The maximum Gasteiger partial charge on any atom is 0.314 e. The van der Waals surface area contributed by atoms with Crippen LogP contribution in [0.4, 0.5) is 5.69 Å². The topological polar surface area (TPSA) is 40.5 Å². The van der Waals surface area contributed by atoms with Crippen molar-refractivity contribution in [1.82, 2.24) is 0 Å². The van der Waals surface area contributed by atoms with Crippen LogP contribution in [0.15, 0.2) is 18.2 Å². The molecule has 0 bridgehead atoms. The Bertz CT molecular complexity index is 479. The van der Waals surface area contributed by atoms with Crippen LogP contribution in [0.25, 0.3) is 0 Å². The highest BCUT2D eigenvalue weighted by Crippen LogP contribution is 2.46. The molecule has 0 saturated heterocycles. The van der Waals surface area contributed by atoms with Crippen molar-refractivity contribution in [2.45, 2.75) is 37.5 Å². The van der Waals surface area contributed by atoms with Crippen molar-refractivity contribution in [3.63, 3.8) is 0 Å². The molecule has 1 fully saturated rings. The maximum atomic E-state index is 11.9. The van der Waals surface area contributed by atoms with Gasteiger partial charge in [-0.05, 0) is 25.0 Å². The van der Waals surface area contributed by atoms with Gasteiger partial charge >= 0.3 is 5.97 Å². The zero-order chi connectivity index (χ0) is 14.0. The fourth-order valence-corrected chi connectivity index (χ4v) is 3.44. The van der Waals surface area contributed by atoms with Crippen molar-refractivity contribution in [3.05, 3.63) is 28.8 Å². The third kappa shape index (κ3) is 2.44. The normalized spacial score (nSPS) is 18.1. The van der Waals surface area contributed by atoms with Crippen LogP contribution in [-0.4, -0.2) is 25.2 Å². The Labute approximate surface area is 119 Å². The molecular formula is C15H20ClNO2. The van der Waals surface area contributed by atoms with Crippen LogP contribution >= 0.6 is 11.6 Å². The van der Waals surface area contributed by atoms with Crippen LogP contribution in [0, 0.1) is 0 Å². The lowest BCUT2D eigenvalue weighted by Gasteiger charge is -2.36. The minimum Gasteiger partial charge on any atom is -0.481 e. The van der Waals surface area contributed by atoms with E-state index in [0.717, 1.165) is 30.5 Å². The summed E-state index contributed by atoms with van der Waals surface area (Å²) in [6.07, 6.45) is 4.35. The second-order valence-electron chi connectivity index (χ2n) is 5.48. The monoisotopic (exact) mass is 281 g/mol. The van der Waals surface area contributed by atoms with Crippen molar-refractivity contribution in [3.8, 4) is 0 Å². The van der Waals surface area contributed by atoms with Crippen LogP contribution in [0.3, 0.4) is 0 Å². The van der Waals surface area contributed by atoms with Gasteiger partial charge in [-0.1, -0.05) is 36.9 Å². The molecule has 2 rings (SSSR count). The Morgan fingerprint density at radius 2 is 1.89 bits per heavy atom. The molecule has 0 spiro atoms. The molecule has 1 aliphatic rings. The molecule has 1 saturated carbocycles. The Morgan fingerprint density at radius 3 is 2.42 bits per heavy atom. The average molecular weight is 282 g/mol. The van der Waals surface area contributed by atoms with E-state index in [1.807, 2.05) is 31.1 Å². The first kappa shape index (κ1) is 14.2. The number of benzene rings is 1. The summed E-state index contributed by atoms with van der Waals surface area (Å²) < 4.78 is 0. The molecule has 1 aromatic carbocycles. The number of halogens is 1. The highest BCUT2D eigenvalue weighted by molar-refractivity contribution is 6.32. The number of carboxylic acid groups (broad SMARTS) is 1. The van der Waals surface area contributed by atoms with E-state index < -0.39 is 11.4 Å². The predicted molar refractivity (Wildman–Crippen MR) is 78.2 cm³/mol. The molecule has 0 radical (unpaired) electrons. The van der Waals surface area contributed by atoms with Gasteiger partial charge in [0.2, 0.25) is 0 Å². The molecule has 19 heavy (non-hydrogen) atoms. The third-order valence-electron chi connectivity index (χ3n) is 4.07. The van der Waals surface area contributed by atoms with Gasteiger partial charge in [-0.25, -0.2) is 0 Å². The number of anilines is 1. The maximum absolute atomic E-state index is 11.9. The standard InChI is InChI=1S/C15H20ClNO2/c1-17(2)12-8-6-7-11(16)13(12)15(14(18)19)9-4-3-5-10-15/h6-8H,3-5,9-10H2,1-2H3,(H,18,19). The summed E-state index contributed by atoms with van der Waals surface area (Å²) in [6.45, 7) is 0. The van der Waals surface area contributed by atoms with E-state index in [1.54, 1.807) is 6.07 Å². The summed E-state index contributed by atoms with van der Waals surface area (Å²) in [5.74, 6) is -0.747. The summed E-state index contributed by atoms with van der Waals surface area (Å²) in [7, 11) is 3.85. The van der Waals surface area contributed by atoms with E-state index in [4.69, 9.17) is 11.6 Å². The zero-order valence-electron chi connectivity index (χ0n) is 11.4. The first-order valence-electron chi connectivity index (χ1n) is 6.69. The van der Waals surface area contributed by atoms with Crippen LogP contribution < -0.4 is 4.90 Å². The second kappa shape index (κ2) is 5.41. The molecular weight excluding hydrogens is 262 g/mol. The molecule has 0 aliphatic heterocycles. The summed E-state index contributed by atoms with van der Waals surface area (Å²) in [5, 5.41) is 10.4. The molecule has 1 N–H and O–H groups in total. The van der Waals surface area contributed by atoms with E-state index in [-0.39, 0.29) is 0 Å². The van der Waals surface area contributed by atoms with Crippen molar-refractivity contribution in [2.75, 3.05) is 19.0 Å². The summed E-state index contributed by atoms with van der Waals surface area (Å²) in [6, 6.07) is 5.61. The van der Waals surface area contributed by atoms with Gasteiger partial charge in [0, 0.05) is 30.4 Å². The van der Waals surface area contributed by atoms with Crippen molar-refractivity contribution >= 4 is 23.3 Å². The Hall–Kier alpha value is -1.22. The molecule has 4 heteroatoms. The lowest BCUT2D eigenvalue weighted by atomic mass is 9.68. The molecule has 1 aromatic rings. The van der Waals surface area contributed by atoms with Gasteiger partial charge in [0.1, 0.15) is 0 Å². The average Bonchev–Trinajstić information content (AvgIpc) is 2.38.